The Kier molecular flexibility index (Phi) is 4.33. The van der Waals surface area contributed by atoms with Crippen LogP contribution in [-0.2, 0) is 9.84 Å². The van der Waals surface area contributed by atoms with Crippen molar-refractivity contribution in [3.05, 3.63) is 57.9 Å². The molecule has 5 rings (SSSR count). The molecule has 1 atom stereocenters. The van der Waals surface area contributed by atoms with Gasteiger partial charge in [-0.3, -0.25) is 4.79 Å². The van der Waals surface area contributed by atoms with E-state index in [4.69, 9.17) is 4.52 Å². The fourth-order valence-electron chi connectivity index (χ4n) is 4.29. The average Bonchev–Trinajstić information content (AvgIpc) is 3.37. The molecule has 2 saturated heterocycles. The van der Waals surface area contributed by atoms with Crippen LogP contribution in [-0.4, -0.2) is 53.0 Å². The molecule has 0 saturated carbocycles. The van der Waals surface area contributed by atoms with Gasteiger partial charge in [0.1, 0.15) is 10.6 Å². The van der Waals surface area contributed by atoms with Crippen LogP contribution in [0.25, 0.3) is 11.4 Å². The predicted molar refractivity (Wildman–Crippen MR) is 109 cm³/mol. The van der Waals surface area contributed by atoms with E-state index in [2.05, 4.69) is 10.1 Å². The molecule has 1 spiro atoms. The summed E-state index contributed by atoms with van der Waals surface area (Å²) in [7, 11) is -3.42. The van der Waals surface area contributed by atoms with Crippen LogP contribution in [0.4, 0.5) is 4.39 Å². The molecule has 0 N–H and O–H groups in total. The molecule has 3 aromatic rings. The summed E-state index contributed by atoms with van der Waals surface area (Å²) < 4.78 is 43.3. The Balaban J connectivity index is 1.42. The van der Waals surface area contributed by atoms with E-state index < -0.39 is 20.5 Å². The minimum atomic E-state index is -3.42. The normalized spacial score (nSPS) is 21.7. The van der Waals surface area contributed by atoms with Crippen LogP contribution in [0.3, 0.4) is 0 Å². The largest absolute Gasteiger partial charge is 0.339 e. The predicted octanol–water partition coefficient (Wildman–Crippen LogP) is 3.04. The molecule has 4 heterocycles. The monoisotopic (exact) mass is 447 g/mol. The molecule has 2 fully saturated rings. The Bertz CT molecular complexity index is 1230. The zero-order valence-corrected chi connectivity index (χ0v) is 17.7. The average molecular weight is 448 g/mol. The lowest BCUT2D eigenvalue weighted by atomic mass is 9.83. The molecule has 0 bridgehead atoms. The molecule has 10 heteroatoms. The molecule has 1 unspecified atom stereocenters. The Labute approximate surface area is 176 Å². The molecule has 2 aliphatic rings. The number of thiophene rings is 1. The second-order valence-corrected chi connectivity index (χ2v) is 11.1. The molecule has 1 amide bonds. The Morgan fingerprint density at radius 2 is 2.00 bits per heavy atom. The molecule has 0 aliphatic carbocycles. The van der Waals surface area contributed by atoms with Gasteiger partial charge in [0.2, 0.25) is 11.7 Å². The van der Waals surface area contributed by atoms with Gasteiger partial charge in [0.25, 0.3) is 5.91 Å². The number of nitrogens with zero attached hydrogens (tertiary/aromatic N) is 3. The van der Waals surface area contributed by atoms with E-state index in [9.17, 15) is 17.6 Å². The standard InChI is InChI=1S/C20H18FN3O4S2/c1-12-6-8-29-16(12)19(25)24-10-20(11-24)15(7-9-30(20,26)27)18-22-17(23-28-18)13-2-4-14(21)5-3-13/h2-6,8,15H,7,9-11H2,1H3. The minimum Gasteiger partial charge on any atom is -0.339 e. The zero-order valence-electron chi connectivity index (χ0n) is 16.0. The van der Waals surface area contributed by atoms with Gasteiger partial charge in [-0.1, -0.05) is 5.16 Å². The number of carbonyl (C=O) groups is 1. The number of sulfone groups is 1. The fourth-order valence-corrected chi connectivity index (χ4v) is 7.50. The number of carbonyl (C=O) groups excluding carboxylic acids is 1. The van der Waals surface area contributed by atoms with Gasteiger partial charge in [-0.05, 0) is 54.6 Å². The Morgan fingerprint density at radius 1 is 1.27 bits per heavy atom. The van der Waals surface area contributed by atoms with E-state index in [1.54, 1.807) is 4.90 Å². The van der Waals surface area contributed by atoms with Crippen molar-refractivity contribution >= 4 is 27.1 Å². The smallest absolute Gasteiger partial charge is 0.264 e. The molecule has 1 aromatic carbocycles. The molecular formula is C20H18FN3O4S2. The summed E-state index contributed by atoms with van der Waals surface area (Å²) in [6.45, 7) is 2.10. The maximum Gasteiger partial charge on any atom is 0.264 e. The van der Waals surface area contributed by atoms with Crippen molar-refractivity contribution < 1.29 is 22.1 Å². The van der Waals surface area contributed by atoms with Gasteiger partial charge in [-0.15, -0.1) is 11.3 Å². The first-order valence-electron chi connectivity index (χ1n) is 9.46. The first-order valence-corrected chi connectivity index (χ1v) is 12.0. The third-order valence-electron chi connectivity index (χ3n) is 6.03. The van der Waals surface area contributed by atoms with Crippen molar-refractivity contribution in [1.29, 1.82) is 0 Å². The van der Waals surface area contributed by atoms with Crippen LogP contribution in [0.5, 0.6) is 0 Å². The van der Waals surface area contributed by atoms with Crippen molar-refractivity contribution in [2.24, 2.45) is 0 Å². The number of hydrogen-bond donors (Lipinski definition) is 0. The van der Waals surface area contributed by atoms with Crippen molar-refractivity contribution in [2.75, 3.05) is 18.8 Å². The lowest BCUT2D eigenvalue weighted by molar-refractivity contribution is 0.0508. The zero-order chi connectivity index (χ0) is 21.1. The third kappa shape index (κ3) is 2.81. The van der Waals surface area contributed by atoms with Crippen molar-refractivity contribution in [2.45, 2.75) is 24.0 Å². The van der Waals surface area contributed by atoms with Gasteiger partial charge in [0.15, 0.2) is 9.84 Å². The number of amides is 1. The van der Waals surface area contributed by atoms with E-state index in [1.165, 1.54) is 35.6 Å². The molecule has 2 aromatic heterocycles. The van der Waals surface area contributed by atoms with Gasteiger partial charge in [0.05, 0.1) is 16.5 Å². The second kappa shape index (κ2) is 6.71. The van der Waals surface area contributed by atoms with Crippen LogP contribution >= 0.6 is 11.3 Å². The number of halogens is 1. The molecule has 7 nitrogen and oxygen atoms in total. The van der Waals surface area contributed by atoms with E-state index in [-0.39, 0.29) is 42.3 Å². The number of aromatic nitrogens is 2. The summed E-state index contributed by atoms with van der Waals surface area (Å²) in [6, 6.07) is 7.55. The summed E-state index contributed by atoms with van der Waals surface area (Å²) in [5.74, 6) is -0.445. The highest BCUT2D eigenvalue weighted by Gasteiger charge is 2.64. The van der Waals surface area contributed by atoms with E-state index in [0.29, 0.717) is 16.9 Å². The number of benzene rings is 1. The summed E-state index contributed by atoms with van der Waals surface area (Å²) >= 11 is 1.36. The van der Waals surface area contributed by atoms with Crippen molar-refractivity contribution in [3.8, 4) is 11.4 Å². The summed E-state index contributed by atoms with van der Waals surface area (Å²) in [5.41, 5.74) is 1.47. The number of rotatable bonds is 3. The quantitative estimate of drug-likeness (QED) is 0.613. The summed E-state index contributed by atoms with van der Waals surface area (Å²) in [6.07, 6.45) is 0.368. The lowest BCUT2D eigenvalue weighted by Crippen LogP contribution is -2.67. The van der Waals surface area contributed by atoms with Crippen LogP contribution in [0.2, 0.25) is 0 Å². The van der Waals surface area contributed by atoms with Gasteiger partial charge < -0.3 is 9.42 Å². The van der Waals surface area contributed by atoms with E-state index >= 15 is 0 Å². The van der Waals surface area contributed by atoms with Crippen LogP contribution in [0.1, 0.15) is 33.5 Å². The highest BCUT2D eigenvalue weighted by atomic mass is 32.2. The van der Waals surface area contributed by atoms with Crippen LogP contribution in [0.15, 0.2) is 40.2 Å². The molecular weight excluding hydrogens is 429 g/mol. The molecule has 30 heavy (non-hydrogen) atoms. The van der Waals surface area contributed by atoms with Gasteiger partial charge in [-0.2, -0.15) is 4.98 Å². The van der Waals surface area contributed by atoms with Crippen LogP contribution < -0.4 is 0 Å². The minimum absolute atomic E-state index is 0.0198. The van der Waals surface area contributed by atoms with Crippen molar-refractivity contribution in [1.82, 2.24) is 15.0 Å². The van der Waals surface area contributed by atoms with Gasteiger partial charge >= 0.3 is 0 Å². The van der Waals surface area contributed by atoms with Gasteiger partial charge in [-0.25, -0.2) is 12.8 Å². The Hall–Kier alpha value is -2.59. The summed E-state index contributed by atoms with van der Waals surface area (Å²) in [4.78, 5) is 19.4. The second-order valence-electron chi connectivity index (χ2n) is 7.78. The number of aryl methyl sites for hydroxylation is 1. The lowest BCUT2D eigenvalue weighted by Gasteiger charge is -2.48. The summed E-state index contributed by atoms with van der Waals surface area (Å²) in [5, 5.41) is 5.81. The van der Waals surface area contributed by atoms with Crippen molar-refractivity contribution in [3.63, 3.8) is 0 Å². The maximum atomic E-state index is 13.2. The number of likely N-dealkylation sites (tertiary alicyclic amines) is 1. The third-order valence-corrected chi connectivity index (χ3v) is 9.59. The highest BCUT2D eigenvalue weighted by Crippen LogP contribution is 2.50. The SMILES string of the molecule is Cc1ccsc1C(=O)N1CC2(C1)C(c1nc(-c3ccc(F)cc3)no1)CCS2(=O)=O. The number of hydrogen-bond acceptors (Lipinski definition) is 7. The van der Waals surface area contributed by atoms with Gasteiger partial charge in [0, 0.05) is 18.7 Å². The molecule has 2 aliphatic heterocycles. The first-order chi connectivity index (χ1) is 14.3. The molecule has 0 radical (unpaired) electrons. The first kappa shape index (κ1) is 19.4. The molecule has 156 valence electrons. The Morgan fingerprint density at radius 3 is 2.67 bits per heavy atom. The fraction of sp³-hybridized carbons (Fsp3) is 0.350. The highest BCUT2D eigenvalue weighted by molar-refractivity contribution is 7.93. The topological polar surface area (TPSA) is 93.4 Å². The van der Waals surface area contributed by atoms with Crippen LogP contribution in [0, 0.1) is 12.7 Å². The van der Waals surface area contributed by atoms with E-state index in [0.717, 1.165) is 5.56 Å². The van der Waals surface area contributed by atoms with E-state index in [1.807, 2.05) is 18.4 Å². The maximum absolute atomic E-state index is 13.2.